The fourth-order valence-corrected chi connectivity index (χ4v) is 10.1. The lowest BCUT2D eigenvalue weighted by Gasteiger charge is -2.19. The van der Waals surface area contributed by atoms with E-state index in [0.29, 0.717) is 0 Å². The van der Waals surface area contributed by atoms with Crippen molar-refractivity contribution in [1.29, 1.82) is 0 Å². The third-order valence-electron chi connectivity index (χ3n) is 11.5. The van der Waals surface area contributed by atoms with Gasteiger partial charge in [0.05, 0.1) is 33.4 Å². The first kappa shape index (κ1) is 31.1. The van der Waals surface area contributed by atoms with E-state index >= 15 is 0 Å². The Hall–Kier alpha value is -6.42. The SMILES string of the molecule is CCc1cccc(-n2c3ccccc3c3cc(-c4ccc5c(c4)c4ccccc4n5-c4cccc5sc6ccccc6c45)ccc32)c1-c1ccccc1C. The number of para-hydroxylation sites is 2. The molecule has 2 nitrogen and oxygen atoms in total. The van der Waals surface area contributed by atoms with Crippen molar-refractivity contribution in [2.24, 2.45) is 0 Å². The Bertz CT molecular complexity index is 3280. The van der Waals surface area contributed by atoms with Crippen LogP contribution in [0.15, 0.2) is 170 Å². The molecule has 0 amide bonds. The standard InChI is InChI=1S/C51H36N2S/c1-3-33-15-12-22-46(50(33)36-16-5-4-14-32(36)2)52-42-20-9-6-17-37(42)40-30-34(26-28-44(40)52)35-27-29-45-41(31-35)38-18-7-10-21-43(38)53(45)47-23-13-25-49-51(47)39-19-8-11-24-48(39)54-49/h4-31H,3H2,1-2H3. The number of benzene rings is 8. The molecule has 0 aliphatic rings. The predicted molar refractivity (Wildman–Crippen MR) is 233 cm³/mol. The van der Waals surface area contributed by atoms with Crippen molar-refractivity contribution in [1.82, 2.24) is 9.13 Å². The summed E-state index contributed by atoms with van der Waals surface area (Å²) in [5, 5.41) is 7.70. The van der Waals surface area contributed by atoms with E-state index in [1.54, 1.807) is 0 Å². The number of nitrogens with zero attached hydrogens (tertiary/aromatic N) is 2. The van der Waals surface area contributed by atoms with Crippen molar-refractivity contribution in [3.05, 3.63) is 181 Å². The van der Waals surface area contributed by atoms with E-state index in [4.69, 9.17) is 0 Å². The first-order valence-corrected chi connectivity index (χ1v) is 19.7. The number of rotatable bonds is 5. The third-order valence-corrected chi connectivity index (χ3v) is 12.6. The minimum Gasteiger partial charge on any atom is -0.309 e. The molecular weight excluding hydrogens is 673 g/mol. The monoisotopic (exact) mass is 708 g/mol. The molecule has 0 aliphatic heterocycles. The lowest BCUT2D eigenvalue weighted by Crippen LogP contribution is -2.01. The average molecular weight is 709 g/mol. The molecule has 11 rings (SSSR count). The van der Waals surface area contributed by atoms with E-state index in [1.165, 1.54) is 109 Å². The molecule has 0 saturated carbocycles. The van der Waals surface area contributed by atoms with Gasteiger partial charge in [-0.2, -0.15) is 0 Å². The molecule has 0 atom stereocenters. The van der Waals surface area contributed by atoms with Crippen LogP contribution in [0.3, 0.4) is 0 Å². The van der Waals surface area contributed by atoms with Crippen molar-refractivity contribution in [3.63, 3.8) is 0 Å². The van der Waals surface area contributed by atoms with E-state index in [1.807, 2.05) is 11.3 Å². The van der Waals surface area contributed by atoms with E-state index in [0.717, 1.165) is 6.42 Å². The van der Waals surface area contributed by atoms with Gasteiger partial charge >= 0.3 is 0 Å². The van der Waals surface area contributed by atoms with Gasteiger partial charge in [-0.1, -0.05) is 116 Å². The highest BCUT2D eigenvalue weighted by molar-refractivity contribution is 7.25. The van der Waals surface area contributed by atoms with Gasteiger partial charge in [0, 0.05) is 47.3 Å². The van der Waals surface area contributed by atoms with Crippen LogP contribution in [0.4, 0.5) is 0 Å². The summed E-state index contributed by atoms with van der Waals surface area (Å²) in [6.07, 6.45) is 0.969. The molecule has 11 aromatic rings. The zero-order chi connectivity index (χ0) is 35.9. The first-order chi connectivity index (χ1) is 26.7. The number of aromatic nitrogens is 2. The highest BCUT2D eigenvalue weighted by Crippen LogP contribution is 2.43. The van der Waals surface area contributed by atoms with E-state index in [9.17, 15) is 0 Å². The lowest BCUT2D eigenvalue weighted by atomic mass is 9.93. The largest absolute Gasteiger partial charge is 0.309 e. The Kier molecular flexibility index (Phi) is 6.95. The fourth-order valence-electron chi connectivity index (χ4n) is 9.00. The molecule has 0 radical (unpaired) electrons. The molecule has 0 aliphatic carbocycles. The smallest absolute Gasteiger partial charge is 0.0555 e. The van der Waals surface area contributed by atoms with Crippen LogP contribution in [0.2, 0.25) is 0 Å². The molecule has 3 heterocycles. The quantitative estimate of drug-likeness (QED) is 0.168. The van der Waals surface area contributed by atoms with Gasteiger partial charge in [0.1, 0.15) is 0 Å². The second kappa shape index (κ2) is 12.1. The normalized spacial score (nSPS) is 12.0. The van der Waals surface area contributed by atoms with Crippen molar-refractivity contribution in [2.45, 2.75) is 20.3 Å². The van der Waals surface area contributed by atoms with Crippen LogP contribution >= 0.6 is 11.3 Å². The Morgan fingerprint density at radius 2 is 0.981 bits per heavy atom. The minimum absolute atomic E-state index is 0.969. The van der Waals surface area contributed by atoms with Crippen LogP contribution in [0.5, 0.6) is 0 Å². The molecule has 3 aromatic heterocycles. The predicted octanol–water partition coefficient (Wildman–Crippen LogP) is 14.5. The topological polar surface area (TPSA) is 9.86 Å². The number of fused-ring (bicyclic) bond motifs is 9. The maximum Gasteiger partial charge on any atom is 0.0555 e. The van der Waals surface area contributed by atoms with Crippen LogP contribution in [0.25, 0.3) is 97.4 Å². The van der Waals surface area contributed by atoms with Crippen molar-refractivity contribution in [2.75, 3.05) is 0 Å². The molecular formula is C51H36N2S. The summed E-state index contributed by atoms with van der Waals surface area (Å²) in [6, 6.07) is 63.0. The van der Waals surface area contributed by atoms with Crippen LogP contribution in [-0.4, -0.2) is 9.13 Å². The van der Waals surface area contributed by atoms with Crippen molar-refractivity contribution < 1.29 is 0 Å². The number of hydrogen-bond acceptors (Lipinski definition) is 1. The maximum atomic E-state index is 2.49. The zero-order valence-electron chi connectivity index (χ0n) is 30.2. The van der Waals surface area contributed by atoms with Gasteiger partial charge in [0.25, 0.3) is 0 Å². The molecule has 0 saturated heterocycles. The summed E-state index contributed by atoms with van der Waals surface area (Å²) in [5.41, 5.74) is 15.1. The second-order valence-corrected chi connectivity index (χ2v) is 15.5. The Balaban J connectivity index is 1.12. The lowest BCUT2D eigenvalue weighted by molar-refractivity contribution is 1.11. The summed E-state index contributed by atoms with van der Waals surface area (Å²) < 4.78 is 7.60. The van der Waals surface area contributed by atoms with Crippen LogP contribution < -0.4 is 0 Å². The molecule has 3 heteroatoms. The van der Waals surface area contributed by atoms with E-state index < -0.39 is 0 Å². The van der Waals surface area contributed by atoms with Gasteiger partial charge in [0.15, 0.2) is 0 Å². The van der Waals surface area contributed by atoms with Crippen molar-refractivity contribution >= 4 is 75.1 Å². The van der Waals surface area contributed by atoms with Gasteiger partial charge in [-0.25, -0.2) is 0 Å². The molecule has 0 fully saturated rings. The van der Waals surface area contributed by atoms with Crippen molar-refractivity contribution in [3.8, 4) is 33.6 Å². The Morgan fingerprint density at radius 3 is 1.67 bits per heavy atom. The highest BCUT2D eigenvalue weighted by Gasteiger charge is 2.20. The minimum atomic E-state index is 0.969. The Morgan fingerprint density at radius 1 is 0.444 bits per heavy atom. The van der Waals surface area contributed by atoms with Gasteiger partial charge in [-0.3, -0.25) is 0 Å². The summed E-state index contributed by atoms with van der Waals surface area (Å²) >= 11 is 1.87. The Labute approximate surface area is 317 Å². The summed E-state index contributed by atoms with van der Waals surface area (Å²) in [5.74, 6) is 0. The van der Waals surface area contributed by atoms with Crippen LogP contribution in [0, 0.1) is 6.92 Å². The first-order valence-electron chi connectivity index (χ1n) is 18.8. The summed E-state index contributed by atoms with van der Waals surface area (Å²) in [6.45, 7) is 4.49. The number of thiophene rings is 1. The fraction of sp³-hybridized carbons (Fsp3) is 0.0588. The number of hydrogen-bond donors (Lipinski definition) is 0. The molecule has 0 unspecified atom stereocenters. The molecule has 256 valence electrons. The summed E-state index contributed by atoms with van der Waals surface area (Å²) in [4.78, 5) is 0. The second-order valence-electron chi connectivity index (χ2n) is 14.4. The van der Waals surface area contributed by atoms with Gasteiger partial charge in [-0.15, -0.1) is 11.3 Å². The molecule has 0 bridgehead atoms. The molecule has 0 spiro atoms. The number of aryl methyl sites for hydroxylation is 2. The molecule has 54 heavy (non-hydrogen) atoms. The zero-order valence-corrected chi connectivity index (χ0v) is 31.0. The van der Waals surface area contributed by atoms with Gasteiger partial charge in [-0.05, 0) is 102 Å². The van der Waals surface area contributed by atoms with Crippen LogP contribution in [-0.2, 0) is 6.42 Å². The highest BCUT2D eigenvalue weighted by atomic mass is 32.1. The molecule has 8 aromatic carbocycles. The van der Waals surface area contributed by atoms with E-state index in [2.05, 4.69) is 193 Å². The van der Waals surface area contributed by atoms with Crippen LogP contribution in [0.1, 0.15) is 18.1 Å². The van der Waals surface area contributed by atoms with E-state index in [-0.39, 0.29) is 0 Å². The van der Waals surface area contributed by atoms with Gasteiger partial charge in [0.2, 0.25) is 0 Å². The average Bonchev–Trinajstić information content (AvgIpc) is 3.88. The third kappa shape index (κ3) is 4.52. The maximum absolute atomic E-state index is 2.49. The van der Waals surface area contributed by atoms with Gasteiger partial charge < -0.3 is 9.13 Å². The molecule has 0 N–H and O–H groups in total. The summed E-state index contributed by atoms with van der Waals surface area (Å²) in [7, 11) is 0.